The van der Waals surface area contributed by atoms with Crippen LogP contribution in [0.5, 0.6) is 0 Å². The second-order valence-corrected chi connectivity index (χ2v) is 20.6. The van der Waals surface area contributed by atoms with E-state index in [9.17, 15) is 14.4 Å². The molecule has 0 aliphatic carbocycles. The summed E-state index contributed by atoms with van der Waals surface area (Å²) in [5, 5.41) is 32.8. The Balaban J connectivity index is 0.000000220. The third-order valence-electron chi connectivity index (χ3n) is 11.0. The number of ketones is 3. The number of aliphatic hydroxyl groups is 3. The molecule has 0 atom stereocenters. The second-order valence-electron chi connectivity index (χ2n) is 17.5. The predicted molar refractivity (Wildman–Crippen MR) is 325 cm³/mol. The molecule has 3 N–H and O–H groups in total. The number of thiophene rings is 3. The first kappa shape index (κ1) is 66.5. The van der Waals surface area contributed by atoms with Crippen molar-refractivity contribution in [1.29, 1.82) is 0 Å². The van der Waals surface area contributed by atoms with Gasteiger partial charge in [0.25, 0.3) is 0 Å². The molecule has 0 aliphatic heterocycles. The first-order chi connectivity index (χ1) is 37.6. The standard InChI is InChI=1S/3C17H10NS.3C5H8O2.3Ir/c1-2-6-12(7-3-1)15-10-14-13-8-4-5-9-16(13)19-17(14)11-18-15;1-2-6-12(7-3-1)15-11-10-14-13-8-4-5-9-16(13)19-17(14)18-15;1-2-6-12(7-3-1)16-17-14(10-11-18-16)13-8-4-5-9-15(13)19-17;3*1-4(6)3-5(2)7;;;/h3*1-6,8-11H;3*3,6H,1-2H3;;;/q3*-1;;;;;;. The minimum absolute atomic E-state index is 0. The van der Waals surface area contributed by atoms with Crippen molar-refractivity contribution in [3.05, 3.63) is 236 Å². The minimum atomic E-state index is -0.125. The summed E-state index contributed by atoms with van der Waals surface area (Å²) in [6, 6.07) is 67.6. The van der Waals surface area contributed by atoms with Crippen molar-refractivity contribution in [2.45, 2.75) is 41.5 Å². The van der Waals surface area contributed by atoms with Gasteiger partial charge in [-0.25, -0.2) is 0 Å². The SMILES string of the molecule is CC(=O)C=C(C)O.CC(=O)C=C(C)O.CC(=O)C=C(C)O.[Ir].[Ir].[Ir].[c-]1ccccc1-c1cc2c(cn1)sc1ccccc12.[c-]1ccccc1-c1ccc2c(n1)sc1ccccc12.[c-]1ccccc1-c1nccc2c1sc1ccccc12. The molecule has 3 radical (unpaired) electrons. The van der Waals surface area contributed by atoms with E-state index < -0.39 is 0 Å². The molecule has 6 heterocycles. The van der Waals surface area contributed by atoms with Gasteiger partial charge in [0, 0.05) is 126 Å². The van der Waals surface area contributed by atoms with Crippen LogP contribution in [-0.4, -0.2) is 47.6 Å². The monoisotopic (exact) mass is 1660 g/mol. The molecule has 12 aromatic rings. The van der Waals surface area contributed by atoms with Crippen LogP contribution in [0.4, 0.5) is 0 Å². The number of carbonyl (C=O) groups is 3. The molecule has 9 nitrogen and oxygen atoms in total. The minimum Gasteiger partial charge on any atom is -0.512 e. The summed E-state index contributed by atoms with van der Waals surface area (Å²) in [5.74, 6) is -0.187. The number of fused-ring (bicyclic) bond motifs is 9. The Labute approximate surface area is 523 Å². The van der Waals surface area contributed by atoms with Crippen LogP contribution in [0.1, 0.15) is 41.5 Å². The van der Waals surface area contributed by atoms with Crippen molar-refractivity contribution in [3.8, 4) is 33.8 Å². The third kappa shape index (κ3) is 19.3. The number of allylic oxidation sites excluding steroid dienone is 6. The van der Waals surface area contributed by atoms with Crippen LogP contribution in [0.3, 0.4) is 0 Å². The topological polar surface area (TPSA) is 151 Å². The molecule has 6 aromatic heterocycles. The van der Waals surface area contributed by atoms with Crippen LogP contribution in [0.25, 0.3) is 94.4 Å². The third-order valence-corrected chi connectivity index (χ3v) is 14.4. The van der Waals surface area contributed by atoms with Crippen molar-refractivity contribution in [2.75, 3.05) is 0 Å². The normalized spacial score (nSPS) is 10.8. The molecule has 0 bridgehead atoms. The van der Waals surface area contributed by atoms with Gasteiger partial charge < -0.3 is 25.3 Å². The van der Waals surface area contributed by atoms with E-state index in [1.54, 1.807) is 34.0 Å². The molecule has 0 unspecified atom stereocenters. The molecule has 0 aliphatic rings. The average Bonchev–Trinajstić information content (AvgIpc) is 4.33. The molecule has 417 valence electrons. The van der Waals surface area contributed by atoms with Gasteiger partial charge in [0.1, 0.15) is 4.83 Å². The summed E-state index contributed by atoms with van der Waals surface area (Å²) in [6.07, 6.45) is 7.36. The first-order valence-corrected chi connectivity index (χ1v) is 27.0. The van der Waals surface area contributed by atoms with Gasteiger partial charge >= 0.3 is 0 Å². The van der Waals surface area contributed by atoms with E-state index in [1.165, 1.54) is 116 Å². The average molecular weight is 1660 g/mol. The van der Waals surface area contributed by atoms with Crippen LogP contribution in [0, 0.1) is 18.2 Å². The van der Waals surface area contributed by atoms with Crippen molar-refractivity contribution >= 4 is 112 Å². The van der Waals surface area contributed by atoms with Crippen LogP contribution < -0.4 is 0 Å². The fourth-order valence-corrected chi connectivity index (χ4v) is 11.2. The van der Waals surface area contributed by atoms with Crippen molar-refractivity contribution < 1.29 is 90.0 Å². The fraction of sp³-hybridized carbons (Fsp3) is 0.0909. The number of aromatic nitrogens is 3. The summed E-state index contributed by atoms with van der Waals surface area (Å²) in [4.78, 5) is 45.0. The maximum atomic E-state index is 10.0. The van der Waals surface area contributed by atoms with Gasteiger partial charge in [0.05, 0.1) is 22.0 Å². The van der Waals surface area contributed by atoms with Gasteiger partial charge in [-0.15, -0.1) is 142 Å². The largest absolute Gasteiger partial charge is 0.512 e. The molecular formula is C66H54Ir3N3O6S3-3. The maximum Gasteiger partial charge on any atom is 0.155 e. The summed E-state index contributed by atoms with van der Waals surface area (Å²) >= 11 is 5.34. The molecule has 0 saturated carbocycles. The number of carbonyl (C=O) groups excluding carboxylic acids is 3. The summed E-state index contributed by atoms with van der Waals surface area (Å²) in [6.45, 7) is 8.54. The van der Waals surface area contributed by atoms with Crippen molar-refractivity contribution in [3.63, 3.8) is 0 Å². The Morgan fingerprint density at radius 3 is 1.32 bits per heavy atom. The molecule has 0 amide bonds. The number of nitrogens with zero attached hydrogens (tertiary/aromatic N) is 3. The summed E-state index contributed by atoms with van der Waals surface area (Å²) < 4.78 is 6.39. The Morgan fingerprint density at radius 2 is 0.852 bits per heavy atom. The molecule has 0 spiro atoms. The number of benzene rings is 6. The van der Waals surface area contributed by atoms with E-state index in [2.05, 4.69) is 131 Å². The Hall–Kier alpha value is -6.99. The molecule has 0 fully saturated rings. The number of rotatable bonds is 6. The van der Waals surface area contributed by atoms with Gasteiger partial charge in [0.2, 0.25) is 0 Å². The Kier molecular flexibility index (Phi) is 27.1. The smallest absolute Gasteiger partial charge is 0.155 e. The molecule has 12 rings (SSSR count). The second kappa shape index (κ2) is 33.1. The molecular weight excluding hydrogens is 1600 g/mol. The van der Waals surface area contributed by atoms with E-state index >= 15 is 0 Å². The van der Waals surface area contributed by atoms with Gasteiger partial charge in [-0.3, -0.25) is 19.4 Å². The van der Waals surface area contributed by atoms with E-state index in [1.807, 2.05) is 79.1 Å². The summed E-state index contributed by atoms with van der Waals surface area (Å²) in [7, 11) is 0. The van der Waals surface area contributed by atoms with Crippen LogP contribution in [0.15, 0.2) is 218 Å². The molecule has 0 saturated heterocycles. The zero-order valence-corrected chi connectivity index (χ0v) is 54.3. The number of hydrogen-bond acceptors (Lipinski definition) is 12. The number of aliphatic hydroxyl groups excluding tert-OH is 3. The fourth-order valence-electron chi connectivity index (χ4n) is 7.91. The molecule has 6 aromatic carbocycles. The predicted octanol–water partition coefficient (Wildman–Crippen LogP) is 17.9. The van der Waals surface area contributed by atoms with E-state index in [0.29, 0.717) is 0 Å². The zero-order chi connectivity index (χ0) is 55.6. The maximum absolute atomic E-state index is 10.0. The van der Waals surface area contributed by atoms with Gasteiger partial charge in [-0.1, -0.05) is 72.8 Å². The molecule has 81 heavy (non-hydrogen) atoms. The van der Waals surface area contributed by atoms with E-state index in [4.69, 9.17) is 20.3 Å². The Bertz CT molecular complexity index is 4010. The summed E-state index contributed by atoms with van der Waals surface area (Å²) in [5.41, 5.74) is 6.14. The van der Waals surface area contributed by atoms with Crippen LogP contribution >= 0.6 is 34.0 Å². The van der Waals surface area contributed by atoms with Crippen molar-refractivity contribution in [2.24, 2.45) is 0 Å². The Morgan fingerprint density at radius 1 is 0.420 bits per heavy atom. The van der Waals surface area contributed by atoms with Gasteiger partial charge in [-0.05, 0) is 98.7 Å². The quantitative estimate of drug-likeness (QED) is 0.0840. The van der Waals surface area contributed by atoms with Crippen LogP contribution in [-0.2, 0) is 74.7 Å². The van der Waals surface area contributed by atoms with Gasteiger partial charge in [-0.2, -0.15) is 0 Å². The van der Waals surface area contributed by atoms with Crippen molar-refractivity contribution in [1.82, 2.24) is 15.0 Å². The van der Waals surface area contributed by atoms with E-state index in [-0.39, 0.29) is 94.9 Å². The number of pyridine rings is 3. The van der Waals surface area contributed by atoms with Gasteiger partial charge in [0.15, 0.2) is 17.3 Å². The number of hydrogen-bond donors (Lipinski definition) is 3. The first-order valence-electron chi connectivity index (χ1n) is 24.5. The van der Waals surface area contributed by atoms with Crippen LogP contribution in [0.2, 0.25) is 0 Å². The molecule has 15 heteroatoms. The van der Waals surface area contributed by atoms with E-state index in [0.717, 1.165) is 38.6 Å². The zero-order valence-electron chi connectivity index (χ0n) is 44.7.